The molecule has 2 amide bonds. The predicted molar refractivity (Wildman–Crippen MR) is 155 cm³/mol. The van der Waals surface area contributed by atoms with Crippen molar-refractivity contribution in [1.29, 1.82) is 0 Å². The predicted octanol–water partition coefficient (Wildman–Crippen LogP) is 3.17. The SMILES string of the molecule is Cn1ccc2c(=O)n(CC3(O)CCN(C(=O)C4CCN(C(=O)c5ccc(F)cc5)CC4c4ccccc4)CC3)cnc21. The van der Waals surface area contributed by atoms with Crippen LogP contribution < -0.4 is 5.56 Å². The summed E-state index contributed by atoms with van der Waals surface area (Å²) >= 11 is 0. The molecule has 6 rings (SSSR count). The summed E-state index contributed by atoms with van der Waals surface area (Å²) in [6.45, 7) is 1.67. The van der Waals surface area contributed by atoms with Gasteiger partial charge in [0.05, 0.1) is 17.5 Å². The Morgan fingerprint density at radius 2 is 1.71 bits per heavy atom. The zero-order valence-electron chi connectivity index (χ0n) is 23.5. The van der Waals surface area contributed by atoms with Gasteiger partial charge >= 0.3 is 0 Å². The maximum atomic E-state index is 13.9. The minimum atomic E-state index is -1.13. The number of carbonyl (C=O) groups is 2. The van der Waals surface area contributed by atoms with Crippen molar-refractivity contribution < 1.29 is 19.1 Å². The fourth-order valence-electron chi connectivity index (χ4n) is 6.39. The molecule has 10 heteroatoms. The summed E-state index contributed by atoms with van der Waals surface area (Å²) in [5, 5.41) is 11.9. The number of halogens is 1. The Kier molecular flexibility index (Phi) is 7.40. The average molecular weight is 572 g/mol. The number of aryl methyl sites for hydroxylation is 1. The third-order valence-corrected chi connectivity index (χ3v) is 8.86. The second-order valence-corrected chi connectivity index (χ2v) is 11.6. The number of rotatable bonds is 5. The van der Waals surface area contributed by atoms with Gasteiger partial charge in [-0.1, -0.05) is 30.3 Å². The summed E-state index contributed by atoms with van der Waals surface area (Å²) in [5.41, 5.74) is 0.685. The molecule has 0 bridgehead atoms. The molecule has 0 spiro atoms. The van der Waals surface area contributed by atoms with Crippen LogP contribution >= 0.6 is 0 Å². The molecule has 4 heterocycles. The number of nitrogens with zero attached hydrogens (tertiary/aromatic N) is 5. The zero-order valence-corrected chi connectivity index (χ0v) is 23.5. The number of carbonyl (C=O) groups excluding carboxylic acids is 2. The van der Waals surface area contributed by atoms with Crippen molar-refractivity contribution in [3.63, 3.8) is 0 Å². The molecule has 0 radical (unpaired) electrons. The Morgan fingerprint density at radius 1 is 1.00 bits per heavy atom. The Morgan fingerprint density at radius 3 is 2.43 bits per heavy atom. The molecule has 2 unspecified atom stereocenters. The van der Waals surface area contributed by atoms with Crippen LogP contribution in [-0.4, -0.2) is 72.6 Å². The molecular weight excluding hydrogens is 537 g/mol. The van der Waals surface area contributed by atoms with E-state index in [0.717, 1.165) is 5.56 Å². The van der Waals surface area contributed by atoms with Crippen LogP contribution in [0.5, 0.6) is 0 Å². The summed E-state index contributed by atoms with van der Waals surface area (Å²) in [5.74, 6) is -1.07. The molecule has 42 heavy (non-hydrogen) atoms. The van der Waals surface area contributed by atoms with Gasteiger partial charge in [0, 0.05) is 56.8 Å². The minimum absolute atomic E-state index is 0.0179. The first-order chi connectivity index (χ1) is 20.2. The lowest BCUT2D eigenvalue weighted by molar-refractivity contribution is -0.142. The van der Waals surface area contributed by atoms with Crippen LogP contribution in [0.2, 0.25) is 0 Å². The van der Waals surface area contributed by atoms with E-state index < -0.39 is 11.4 Å². The highest BCUT2D eigenvalue weighted by Crippen LogP contribution is 2.36. The van der Waals surface area contributed by atoms with Gasteiger partial charge in [0.1, 0.15) is 17.8 Å². The van der Waals surface area contributed by atoms with E-state index in [-0.39, 0.29) is 35.8 Å². The molecule has 2 atom stereocenters. The first kappa shape index (κ1) is 27.8. The molecule has 218 valence electrons. The highest BCUT2D eigenvalue weighted by atomic mass is 19.1. The fourth-order valence-corrected chi connectivity index (χ4v) is 6.39. The Balaban J connectivity index is 1.15. The van der Waals surface area contributed by atoms with Gasteiger partial charge in [0.25, 0.3) is 11.5 Å². The van der Waals surface area contributed by atoms with Gasteiger partial charge in [-0.3, -0.25) is 19.0 Å². The number of hydrogen-bond donors (Lipinski definition) is 1. The van der Waals surface area contributed by atoms with Crippen LogP contribution in [0.1, 0.15) is 41.1 Å². The number of amides is 2. The largest absolute Gasteiger partial charge is 0.388 e. The highest BCUT2D eigenvalue weighted by molar-refractivity contribution is 5.94. The molecule has 0 aliphatic carbocycles. The number of hydrogen-bond acceptors (Lipinski definition) is 5. The highest BCUT2D eigenvalue weighted by Gasteiger charge is 2.41. The molecule has 2 fully saturated rings. The van der Waals surface area contributed by atoms with E-state index in [1.54, 1.807) is 21.7 Å². The van der Waals surface area contributed by atoms with Crippen molar-refractivity contribution in [3.05, 3.63) is 100 Å². The molecule has 2 saturated heterocycles. The molecular formula is C32H34FN5O4. The van der Waals surface area contributed by atoms with E-state index in [9.17, 15) is 23.9 Å². The monoisotopic (exact) mass is 571 g/mol. The van der Waals surface area contributed by atoms with Gasteiger partial charge in [-0.25, -0.2) is 9.37 Å². The Labute approximate surface area is 242 Å². The van der Waals surface area contributed by atoms with E-state index in [2.05, 4.69) is 4.98 Å². The van der Waals surface area contributed by atoms with Crippen molar-refractivity contribution in [2.24, 2.45) is 13.0 Å². The molecule has 2 aromatic heterocycles. The fraction of sp³-hybridized carbons (Fsp3) is 0.375. The Hall–Kier alpha value is -4.31. The van der Waals surface area contributed by atoms with E-state index in [0.29, 0.717) is 62.0 Å². The normalized spacial score (nSPS) is 20.5. The molecule has 1 N–H and O–H groups in total. The van der Waals surface area contributed by atoms with Gasteiger partial charge in [-0.2, -0.15) is 0 Å². The van der Waals surface area contributed by atoms with Crippen molar-refractivity contribution >= 4 is 22.8 Å². The van der Waals surface area contributed by atoms with E-state index in [1.807, 2.05) is 42.3 Å². The summed E-state index contributed by atoms with van der Waals surface area (Å²) in [4.78, 5) is 48.1. The Bertz CT molecular complexity index is 1660. The first-order valence-corrected chi connectivity index (χ1v) is 14.3. The van der Waals surface area contributed by atoms with Crippen molar-refractivity contribution in [1.82, 2.24) is 23.9 Å². The number of aromatic nitrogens is 3. The third kappa shape index (κ3) is 5.34. The van der Waals surface area contributed by atoms with Crippen LogP contribution in [0, 0.1) is 11.7 Å². The smallest absolute Gasteiger partial charge is 0.262 e. The maximum absolute atomic E-state index is 13.9. The van der Waals surface area contributed by atoms with E-state index in [1.165, 1.54) is 35.2 Å². The van der Waals surface area contributed by atoms with Gasteiger partial charge in [-0.15, -0.1) is 0 Å². The van der Waals surface area contributed by atoms with Crippen LogP contribution in [0.3, 0.4) is 0 Å². The molecule has 2 aromatic carbocycles. The summed E-state index contributed by atoms with van der Waals surface area (Å²) < 4.78 is 16.7. The average Bonchev–Trinajstić information content (AvgIpc) is 3.39. The van der Waals surface area contributed by atoms with Crippen LogP contribution in [0.15, 0.2) is 78.0 Å². The molecule has 2 aliphatic rings. The summed E-state index contributed by atoms with van der Waals surface area (Å²) in [7, 11) is 1.83. The summed E-state index contributed by atoms with van der Waals surface area (Å²) in [6, 6.07) is 17.0. The van der Waals surface area contributed by atoms with E-state index >= 15 is 0 Å². The second-order valence-electron chi connectivity index (χ2n) is 11.6. The number of piperidine rings is 2. The lowest BCUT2D eigenvalue weighted by atomic mass is 9.79. The molecule has 2 aliphatic heterocycles. The topological polar surface area (TPSA) is 101 Å². The summed E-state index contributed by atoms with van der Waals surface area (Å²) in [6.07, 6.45) is 4.45. The lowest BCUT2D eigenvalue weighted by Gasteiger charge is -2.43. The molecule has 4 aromatic rings. The lowest BCUT2D eigenvalue weighted by Crippen LogP contribution is -2.53. The van der Waals surface area contributed by atoms with Crippen molar-refractivity contribution in [3.8, 4) is 0 Å². The second kappa shape index (κ2) is 11.2. The van der Waals surface area contributed by atoms with Crippen LogP contribution in [0.4, 0.5) is 4.39 Å². The number of fused-ring (bicyclic) bond motifs is 1. The standard InChI is InChI=1S/C32H34FN5O4/c1-35-15-11-26-28(35)34-21-38(31(26)41)20-32(42)13-17-36(18-14-32)30(40)25-12-16-37(19-27(25)22-5-3-2-4-6-22)29(39)23-7-9-24(33)10-8-23/h2-11,15,21,25,27,42H,12-14,16-20H2,1H3. The van der Waals surface area contributed by atoms with Gasteiger partial charge < -0.3 is 19.5 Å². The van der Waals surface area contributed by atoms with Crippen LogP contribution in [0.25, 0.3) is 11.0 Å². The molecule has 0 saturated carbocycles. The van der Waals surface area contributed by atoms with Crippen molar-refractivity contribution in [2.45, 2.75) is 37.3 Å². The molecule has 9 nitrogen and oxygen atoms in total. The van der Waals surface area contributed by atoms with Crippen LogP contribution in [-0.2, 0) is 18.4 Å². The number of likely N-dealkylation sites (tertiary alicyclic amines) is 2. The first-order valence-electron chi connectivity index (χ1n) is 14.3. The van der Waals surface area contributed by atoms with Gasteiger partial charge in [-0.05, 0) is 55.2 Å². The van der Waals surface area contributed by atoms with E-state index in [4.69, 9.17) is 0 Å². The zero-order chi connectivity index (χ0) is 29.4. The quantitative estimate of drug-likeness (QED) is 0.397. The number of benzene rings is 2. The van der Waals surface area contributed by atoms with Gasteiger partial charge in [0.2, 0.25) is 5.91 Å². The maximum Gasteiger partial charge on any atom is 0.262 e. The minimum Gasteiger partial charge on any atom is -0.388 e. The third-order valence-electron chi connectivity index (χ3n) is 8.86. The van der Waals surface area contributed by atoms with Crippen molar-refractivity contribution in [2.75, 3.05) is 26.2 Å². The van der Waals surface area contributed by atoms with Gasteiger partial charge in [0.15, 0.2) is 0 Å². The number of aliphatic hydroxyl groups is 1.